The Bertz CT molecular complexity index is 560. The van der Waals surface area contributed by atoms with E-state index in [0.717, 1.165) is 25.2 Å². The summed E-state index contributed by atoms with van der Waals surface area (Å²) in [6.45, 7) is 10.6. The fourth-order valence-corrected chi connectivity index (χ4v) is 1.86. The molecule has 0 saturated heterocycles. The Morgan fingerprint density at radius 3 is 2.45 bits per heavy atom. The molecule has 1 N–H and O–H groups in total. The van der Waals surface area contributed by atoms with Crippen LogP contribution in [0, 0.1) is 6.92 Å². The van der Waals surface area contributed by atoms with Crippen molar-refractivity contribution in [3.63, 3.8) is 0 Å². The summed E-state index contributed by atoms with van der Waals surface area (Å²) < 4.78 is 1.67. The van der Waals surface area contributed by atoms with Crippen molar-refractivity contribution in [3.05, 3.63) is 18.0 Å². The second-order valence-electron chi connectivity index (χ2n) is 4.42. The Hall–Kier alpha value is -2.18. The normalized spacial score (nSPS) is 10.6. The van der Waals surface area contributed by atoms with Gasteiger partial charge in [-0.1, -0.05) is 0 Å². The molecular weight excluding hydrogens is 254 g/mol. The molecule has 0 aliphatic carbocycles. The van der Waals surface area contributed by atoms with E-state index in [-0.39, 0.29) is 0 Å². The van der Waals surface area contributed by atoms with Gasteiger partial charge in [-0.15, -0.1) is 0 Å². The molecule has 20 heavy (non-hydrogen) atoms. The van der Waals surface area contributed by atoms with Crippen LogP contribution >= 0.6 is 0 Å². The third kappa shape index (κ3) is 3.04. The van der Waals surface area contributed by atoms with E-state index in [2.05, 4.69) is 44.1 Å². The summed E-state index contributed by atoms with van der Waals surface area (Å²) in [5.41, 5.74) is 1.07. The first-order chi connectivity index (χ1) is 9.67. The van der Waals surface area contributed by atoms with Crippen LogP contribution in [0.3, 0.4) is 0 Å². The van der Waals surface area contributed by atoms with Gasteiger partial charge >= 0.3 is 0 Å². The van der Waals surface area contributed by atoms with Gasteiger partial charge in [-0.3, -0.25) is 0 Å². The highest BCUT2D eigenvalue weighted by Gasteiger charge is 2.12. The molecule has 0 aliphatic heterocycles. The summed E-state index contributed by atoms with van der Waals surface area (Å²) in [6.07, 6.45) is 3.69. The topological polar surface area (TPSA) is 71.8 Å². The minimum Gasteiger partial charge on any atom is -0.354 e. The molecule has 0 unspecified atom stereocenters. The third-order valence-electron chi connectivity index (χ3n) is 2.91. The number of hydrogen-bond acceptors (Lipinski definition) is 6. The molecule has 108 valence electrons. The number of nitrogens with one attached hydrogen (secondary N) is 1. The van der Waals surface area contributed by atoms with E-state index in [0.29, 0.717) is 17.8 Å². The minimum absolute atomic E-state index is 0.533. The van der Waals surface area contributed by atoms with Crippen molar-refractivity contribution in [1.82, 2.24) is 24.7 Å². The maximum absolute atomic E-state index is 4.51. The van der Waals surface area contributed by atoms with Crippen LogP contribution in [0.25, 0.3) is 5.95 Å². The molecule has 2 aromatic heterocycles. The van der Waals surface area contributed by atoms with E-state index in [1.165, 1.54) is 0 Å². The van der Waals surface area contributed by atoms with Gasteiger partial charge in [0.25, 0.3) is 5.95 Å². The van der Waals surface area contributed by atoms with Crippen LogP contribution < -0.4 is 10.2 Å². The predicted octanol–water partition coefficient (Wildman–Crippen LogP) is 1.64. The second kappa shape index (κ2) is 6.31. The molecule has 2 aromatic rings. The highest BCUT2D eigenvalue weighted by atomic mass is 15.4. The lowest BCUT2D eigenvalue weighted by atomic mass is 10.4. The first-order valence-corrected chi connectivity index (χ1v) is 6.94. The number of anilines is 2. The summed E-state index contributed by atoms with van der Waals surface area (Å²) in [6, 6.07) is 0. The maximum atomic E-state index is 4.51. The highest BCUT2D eigenvalue weighted by Crippen LogP contribution is 2.13. The van der Waals surface area contributed by atoms with Gasteiger partial charge in [0.1, 0.15) is 0 Å². The predicted molar refractivity (Wildman–Crippen MR) is 79.4 cm³/mol. The van der Waals surface area contributed by atoms with E-state index < -0.39 is 0 Å². The van der Waals surface area contributed by atoms with Crippen molar-refractivity contribution in [1.29, 1.82) is 0 Å². The van der Waals surface area contributed by atoms with Gasteiger partial charge in [0, 0.05) is 25.8 Å². The third-order valence-corrected chi connectivity index (χ3v) is 2.91. The van der Waals surface area contributed by atoms with Gasteiger partial charge in [-0.25, -0.2) is 4.68 Å². The van der Waals surface area contributed by atoms with E-state index in [9.17, 15) is 0 Å². The SMILES string of the molecule is CCNc1nc(N(CC)CC)nc(-n2cc(C)cn2)n1. The summed E-state index contributed by atoms with van der Waals surface area (Å²) in [5, 5.41) is 7.39. The molecule has 0 fully saturated rings. The zero-order valence-electron chi connectivity index (χ0n) is 12.5. The molecule has 0 spiro atoms. The van der Waals surface area contributed by atoms with Gasteiger partial charge in [0.15, 0.2) is 0 Å². The van der Waals surface area contributed by atoms with Crippen LogP contribution in [0.15, 0.2) is 12.4 Å². The average molecular weight is 275 g/mol. The zero-order valence-corrected chi connectivity index (χ0v) is 12.5. The van der Waals surface area contributed by atoms with Crippen LogP contribution in [-0.2, 0) is 0 Å². The number of rotatable bonds is 6. The summed E-state index contributed by atoms with van der Waals surface area (Å²) in [4.78, 5) is 15.4. The molecule has 0 aliphatic rings. The first-order valence-electron chi connectivity index (χ1n) is 6.94. The van der Waals surface area contributed by atoms with Crippen LogP contribution in [0.4, 0.5) is 11.9 Å². The highest BCUT2D eigenvalue weighted by molar-refractivity contribution is 5.39. The van der Waals surface area contributed by atoms with Gasteiger partial charge < -0.3 is 10.2 Å². The fraction of sp³-hybridized carbons (Fsp3) is 0.538. The number of aryl methyl sites for hydroxylation is 1. The summed E-state index contributed by atoms with van der Waals surface area (Å²) in [7, 11) is 0. The summed E-state index contributed by atoms with van der Waals surface area (Å²) in [5.74, 6) is 1.78. The monoisotopic (exact) mass is 275 g/mol. The maximum Gasteiger partial charge on any atom is 0.257 e. The van der Waals surface area contributed by atoms with Gasteiger partial charge in [-0.05, 0) is 33.3 Å². The molecule has 7 nitrogen and oxygen atoms in total. The smallest absolute Gasteiger partial charge is 0.257 e. The zero-order chi connectivity index (χ0) is 14.5. The molecule has 0 bridgehead atoms. The van der Waals surface area contributed by atoms with Crippen molar-refractivity contribution >= 4 is 11.9 Å². The van der Waals surface area contributed by atoms with Crippen LogP contribution in [0.2, 0.25) is 0 Å². The van der Waals surface area contributed by atoms with Crippen LogP contribution in [0.5, 0.6) is 0 Å². The molecule has 0 atom stereocenters. The van der Waals surface area contributed by atoms with Crippen molar-refractivity contribution in [2.75, 3.05) is 29.9 Å². The Morgan fingerprint density at radius 1 is 1.15 bits per heavy atom. The van der Waals surface area contributed by atoms with Crippen molar-refractivity contribution in [2.24, 2.45) is 0 Å². The Morgan fingerprint density at radius 2 is 1.90 bits per heavy atom. The standard InChI is InChI=1S/C13H21N7/c1-5-14-11-16-12(19(6-2)7-3)18-13(17-11)20-9-10(4)8-15-20/h8-9H,5-7H2,1-4H3,(H,14,16,17,18). The van der Waals surface area contributed by atoms with Crippen molar-refractivity contribution in [3.8, 4) is 5.95 Å². The molecule has 2 rings (SSSR count). The molecule has 0 aromatic carbocycles. The van der Waals surface area contributed by atoms with Crippen LogP contribution in [0.1, 0.15) is 26.3 Å². The largest absolute Gasteiger partial charge is 0.354 e. The molecule has 0 radical (unpaired) electrons. The molecule has 0 amide bonds. The lowest BCUT2D eigenvalue weighted by Crippen LogP contribution is -2.25. The van der Waals surface area contributed by atoms with Gasteiger partial charge in [-0.2, -0.15) is 20.1 Å². The van der Waals surface area contributed by atoms with Crippen LogP contribution in [-0.4, -0.2) is 44.4 Å². The van der Waals surface area contributed by atoms with E-state index >= 15 is 0 Å². The average Bonchev–Trinajstić information content (AvgIpc) is 2.87. The Balaban J connectivity index is 2.45. The Kier molecular flexibility index (Phi) is 4.49. The van der Waals surface area contributed by atoms with E-state index in [1.54, 1.807) is 10.9 Å². The summed E-state index contributed by atoms with van der Waals surface area (Å²) >= 11 is 0. The number of hydrogen-bond donors (Lipinski definition) is 1. The fourth-order valence-electron chi connectivity index (χ4n) is 1.86. The second-order valence-corrected chi connectivity index (χ2v) is 4.42. The van der Waals surface area contributed by atoms with E-state index in [4.69, 9.17) is 0 Å². The quantitative estimate of drug-likeness (QED) is 0.864. The minimum atomic E-state index is 0.533. The molecule has 7 heteroatoms. The molecule has 2 heterocycles. The van der Waals surface area contributed by atoms with Gasteiger partial charge in [0.05, 0.1) is 6.20 Å². The lowest BCUT2D eigenvalue weighted by Gasteiger charge is -2.19. The molecule has 0 saturated carbocycles. The number of nitrogens with zero attached hydrogens (tertiary/aromatic N) is 6. The van der Waals surface area contributed by atoms with Crippen molar-refractivity contribution < 1.29 is 0 Å². The van der Waals surface area contributed by atoms with E-state index in [1.807, 2.05) is 20.0 Å². The first kappa shape index (κ1) is 14.2. The molecular formula is C13H21N7. The lowest BCUT2D eigenvalue weighted by molar-refractivity contribution is 0.761. The van der Waals surface area contributed by atoms with Crippen molar-refractivity contribution in [2.45, 2.75) is 27.7 Å². The Labute approximate surface area is 119 Å². The number of aromatic nitrogens is 5. The van der Waals surface area contributed by atoms with Gasteiger partial charge in [0.2, 0.25) is 11.9 Å².